The van der Waals surface area contributed by atoms with Crippen LogP contribution in [-0.2, 0) is 22.6 Å². The number of amides is 2. The summed E-state index contributed by atoms with van der Waals surface area (Å²) in [5.41, 5.74) is 1.63. The van der Waals surface area contributed by atoms with Crippen molar-refractivity contribution in [2.75, 3.05) is 13.1 Å². The topological polar surface area (TPSA) is 49.4 Å². The van der Waals surface area contributed by atoms with Gasteiger partial charge in [0.05, 0.1) is 5.92 Å². The molecule has 3 rings (SSSR count). The molecule has 1 atom stereocenters. The van der Waals surface area contributed by atoms with Gasteiger partial charge in [-0.25, -0.2) is 4.39 Å². The van der Waals surface area contributed by atoms with Crippen LogP contribution in [0, 0.1) is 11.7 Å². The van der Waals surface area contributed by atoms with E-state index in [2.05, 4.69) is 5.32 Å². The van der Waals surface area contributed by atoms with Crippen molar-refractivity contribution in [3.8, 4) is 0 Å². The Hall–Kier alpha value is -2.69. The Labute approximate surface area is 146 Å². The Bertz CT molecular complexity index is 748. The second-order valence-corrected chi connectivity index (χ2v) is 6.29. The highest BCUT2D eigenvalue weighted by molar-refractivity contribution is 5.89. The molecule has 0 spiro atoms. The van der Waals surface area contributed by atoms with Gasteiger partial charge in [0.2, 0.25) is 11.8 Å². The Balaban J connectivity index is 1.50. The molecule has 0 aromatic heterocycles. The predicted octanol–water partition coefficient (Wildman–Crippen LogP) is 2.53. The van der Waals surface area contributed by atoms with Crippen LogP contribution in [-0.4, -0.2) is 29.8 Å². The molecule has 1 aliphatic heterocycles. The van der Waals surface area contributed by atoms with Crippen molar-refractivity contribution in [2.24, 2.45) is 5.92 Å². The number of nitrogens with one attached hydrogen (secondary N) is 1. The van der Waals surface area contributed by atoms with Gasteiger partial charge in [-0.2, -0.15) is 0 Å². The van der Waals surface area contributed by atoms with E-state index in [9.17, 15) is 14.0 Å². The number of hydrogen-bond donors (Lipinski definition) is 1. The molecular formula is C20H21FN2O2. The first-order valence-electron chi connectivity index (χ1n) is 8.46. The van der Waals surface area contributed by atoms with Crippen LogP contribution in [0.5, 0.6) is 0 Å². The monoisotopic (exact) mass is 340 g/mol. The number of carbonyl (C=O) groups excluding carboxylic acids is 2. The van der Waals surface area contributed by atoms with Gasteiger partial charge in [0.25, 0.3) is 0 Å². The highest BCUT2D eigenvalue weighted by atomic mass is 19.1. The summed E-state index contributed by atoms with van der Waals surface area (Å²) in [5.74, 6) is -0.909. The minimum absolute atomic E-state index is 0.105. The molecule has 5 heteroatoms. The zero-order chi connectivity index (χ0) is 17.6. The molecule has 2 amide bonds. The maximum absolute atomic E-state index is 13.7. The van der Waals surface area contributed by atoms with Crippen LogP contribution < -0.4 is 5.32 Å². The van der Waals surface area contributed by atoms with Crippen LogP contribution >= 0.6 is 0 Å². The van der Waals surface area contributed by atoms with Crippen molar-refractivity contribution in [1.29, 1.82) is 0 Å². The third-order valence-corrected chi connectivity index (χ3v) is 4.46. The van der Waals surface area contributed by atoms with E-state index in [0.717, 1.165) is 12.0 Å². The van der Waals surface area contributed by atoms with E-state index >= 15 is 0 Å². The van der Waals surface area contributed by atoms with Crippen molar-refractivity contribution in [2.45, 2.75) is 19.4 Å². The summed E-state index contributed by atoms with van der Waals surface area (Å²) in [5, 5.41) is 2.90. The second-order valence-electron chi connectivity index (χ2n) is 6.29. The van der Waals surface area contributed by atoms with Gasteiger partial charge in [-0.15, -0.1) is 0 Å². The maximum Gasteiger partial charge on any atom is 0.225 e. The summed E-state index contributed by atoms with van der Waals surface area (Å²) in [6.07, 6.45) is 0.942. The Morgan fingerprint density at radius 1 is 1.12 bits per heavy atom. The zero-order valence-electron chi connectivity index (χ0n) is 14.0. The Morgan fingerprint density at radius 2 is 1.84 bits per heavy atom. The molecule has 0 aliphatic carbocycles. The fourth-order valence-corrected chi connectivity index (χ4v) is 3.05. The smallest absolute Gasteiger partial charge is 0.225 e. The lowest BCUT2D eigenvalue weighted by Gasteiger charge is -2.17. The van der Waals surface area contributed by atoms with E-state index in [1.807, 2.05) is 30.3 Å². The minimum Gasteiger partial charge on any atom is -0.355 e. The largest absolute Gasteiger partial charge is 0.355 e. The van der Waals surface area contributed by atoms with Gasteiger partial charge in [0.15, 0.2) is 0 Å². The highest BCUT2D eigenvalue weighted by Gasteiger charge is 2.34. The summed E-state index contributed by atoms with van der Waals surface area (Å²) in [6.45, 7) is 1.09. The van der Waals surface area contributed by atoms with Gasteiger partial charge in [0, 0.05) is 31.6 Å². The number of nitrogens with zero attached hydrogens (tertiary/aromatic N) is 1. The number of likely N-dealkylation sites (tertiary alicyclic amines) is 1. The number of carbonyl (C=O) groups is 2. The first-order valence-corrected chi connectivity index (χ1v) is 8.46. The van der Waals surface area contributed by atoms with Crippen molar-refractivity contribution < 1.29 is 14.0 Å². The van der Waals surface area contributed by atoms with Crippen LogP contribution in [0.2, 0.25) is 0 Å². The molecule has 1 N–H and O–H groups in total. The highest BCUT2D eigenvalue weighted by Crippen LogP contribution is 2.21. The molecule has 1 saturated heterocycles. The summed E-state index contributed by atoms with van der Waals surface area (Å²) in [7, 11) is 0. The van der Waals surface area contributed by atoms with E-state index in [4.69, 9.17) is 0 Å². The average molecular weight is 340 g/mol. The Kier molecular flexibility index (Phi) is 5.43. The fourth-order valence-electron chi connectivity index (χ4n) is 3.05. The molecule has 1 heterocycles. The molecule has 130 valence electrons. The van der Waals surface area contributed by atoms with Crippen molar-refractivity contribution >= 4 is 11.8 Å². The third-order valence-electron chi connectivity index (χ3n) is 4.46. The molecule has 2 aromatic rings. The van der Waals surface area contributed by atoms with Gasteiger partial charge in [-0.05, 0) is 18.1 Å². The van der Waals surface area contributed by atoms with Crippen LogP contribution in [0.15, 0.2) is 54.6 Å². The van der Waals surface area contributed by atoms with Crippen LogP contribution in [0.4, 0.5) is 4.39 Å². The number of hydrogen-bond acceptors (Lipinski definition) is 2. The lowest BCUT2D eigenvalue weighted by molar-refractivity contribution is -0.129. The third kappa shape index (κ3) is 4.44. The normalized spacial score (nSPS) is 16.9. The molecule has 2 aromatic carbocycles. The molecule has 0 unspecified atom stereocenters. The molecule has 0 radical (unpaired) electrons. The van der Waals surface area contributed by atoms with Crippen LogP contribution in [0.25, 0.3) is 0 Å². The maximum atomic E-state index is 13.7. The Morgan fingerprint density at radius 3 is 2.60 bits per heavy atom. The molecule has 25 heavy (non-hydrogen) atoms. The minimum atomic E-state index is -0.366. The van der Waals surface area contributed by atoms with Gasteiger partial charge < -0.3 is 10.2 Å². The van der Waals surface area contributed by atoms with E-state index in [0.29, 0.717) is 18.7 Å². The predicted molar refractivity (Wildman–Crippen MR) is 93.1 cm³/mol. The van der Waals surface area contributed by atoms with E-state index in [1.54, 1.807) is 23.1 Å². The van der Waals surface area contributed by atoms with Gasteiger partial charge in [-0.1, -0.05) is 48.5 Å². The standard InChI is InChI=1S/C20H21FN2O2/c21-18-9-5-4-8-16(18)13-23-14-17(12-19(23)24)20(25)22-11-10-15-6-2-1-3-7-15/h1-9,17H,10-14H2,(H,22,25)/t17-/m0/s1. The van der Waals surface area contributed by atoms with Gasteiger partial charge >= 0.3 is 0 Å². The fraction of sp³-hybridized carbons (Fsp3) is 0.300. The molecular weight excluding hydrogens is 319 g/mol. The summed E-state index contributed by atoms with van der Waals surface area (Å²) >= 11 is 0. The quantitative estimate of drug-likeness (QED) is 0.878. The lowest BCUT2D eigenvalue weighted by Crippen LogP contribution is -2.34. The van der Waals surface area contributed by atoms with Crippen molar-refractivity contribution in [3.05, 3.63) is 71.5 Å². The van der Waals surface area contributed by atoms with Crippen molar-refractivity contribution in [3.63, 3.8) is 0 Å². The second kappa shape index (κ2) is 7.92. The molecule has 1 aliphatic rings. The van der Waals surface area contributed by atoms with Crippen LogP contribution in [0.1, 0.15) is 17.5 Å². The molecule has 0 bridgehead atoms. The molecule has 4 nitrogen and oxygen atoms in total. The van der Waals surface area contributed by atoms with Crippen molar-refractivity contribution in [1.82, 2.24) is 10.2 Å². The number of halogens is 1. The first-order chi connectivity index (χ1) is 12.1. The number of benzene rings is 2. The average Bonchev–Trinajstić information content (AvgIpc) is 2.99. The first kappa shape index (κ1) is 17.1. The lowest BCUT2D eigenvalue weighted by atomic mass is 10.1. The zero-order valence-corrected chi connectivity index (χ0v) is 14.0. The van der Waals surface area contributed by atoms with E-state index < -0.39 is 0 Å². The SMILES string of the molecule is O=C(NCCc1ccccc1)[C@H]1CC(=O)N(Cc2ccccc2F)C1. The summed E-state index contributed by atoms with van der Waals surface area (Å²) in [6, 6.07) is 16.3. The number of rotatable bonds is 6. The van der Waals surface area contributed by atoms with E-state index in [-0.39, 0.29) is 36.5 Å². The van der Waals surface area contributed by atoms with Gasteiger partial charge in [-0.3, -0.25) is 9.59 Å². The van der Waals surface area contributed by atoms with Crippen LogP contribution in [0.3, 0.4) is 0 Å². The van der Waals surface area contributed by atoms with E-state index in [1.165, 1.54) is 6.07 Å². The van der Waals surface area contributed by atoms with Gasteiger partial charge in [0.1, 0.15) is 5.82 Å². The molecule has 1 fully saturated rings. The summed E-state index contributed by atoms with van der Waals surface area (Å²) in [4.78, 5) is 26.0. The molecule has 0 saturated carbocycles. The summed E-state index contributed by atoms with van der Waals surface area (Å²) < 4.78 is 13.7.